The molecule has 7 heteroatoms. The minimum absolute atomic E-state index is 0.0717. The Morgan fingerprint density at radius 1 is 1.20 bits per heavy atom. The van der Waals surface area contributed by atoms with Crippen LogP contribution < -0.4 is 10.5 Å². The molecule has 0 spiro atoms. The van der Waals surface area contributed by atoms with Crippen LogP contribution in [0.4, 0.5) is 0 Å². The van der Waals surface area contributed by atoms with Gasteiger partial charge in [-0.05, 0) is 46.3 Å². The van der Waals surface area contributed by atoms with E-state index in [-0.39, 0.29) is 5.84 Å². The summed E-state index contributed by atoms with van der Waals surface area (Å²) in [5.41, 5.74) is 6.08. The van der Waals surface area contributed by atoms with Gasteiger partial charge in [0.15, 0.2) is 5.84 Å². The Balaban J connectivity index is 2.46. The molecule has 0 radical (unpaired) electrons. The summed E-state index contributed by atoms with van der Waals surface area (Å²) in [6, 6.07) is 10.1. The topological polar surface area (TPSA) is 67.8 Å². The zero-order chi connectivity index (χ0) is 14.7. The maximum atomic E-state index is 8.84. The van der Waals surface area contributed by atoms with Gasteiger partial charge in [0.05, 0.1) is 10.6 Å². The summed E-state index contributed by atoms with van der Waals surface area (Å²) < 4.78 is 6.34. The van der Waals surface area contributed by atoms with Crippen LogP contribution in [0.25, 0.3) is 0 Å². The fourth-order valence-electron chi connectivity index (χ4n) is 1.56. The standard InChI is InChI=1S/C13H9BrCl2N2O2/c14-8-2-1-3-11(12(8)13(17)18-19)20-10-5-4-7(15)6-9(10)16/h1-6,19H,(H2,17,18). The predicted octanol–water partition coefficient (Wildman–Crippen LogP) is 4.64. The van der Waals surface area contributed by atoms with Crippen LogP contribution in [-0.4, -0.2) is 11.0 Å². The molecule has 0 amide bonds. The van der Waals surface area contributed by atoms with Crippen molar-refractivity contribution in [3.8, 4) is 11.5 Å². The number of rotatable bonds is 3. The second-order valence-electron chi connectivity index (χ2n) is 3.78. The summed E-state index contributed by atoms with van der Waals surface area (Å²) in [5, 5.41) is 12.7. The van der Waals surface area contributed by atoms with Gasteiger partial charge in [-0.3, -0.25) is 0 Å². The molecule has 0 saturated heterocycles. The molecule has 0 saturated carbocycles. The first-order valence-electron chi connectivity index (χ1n) is 5.42. The molecule has 0 aliphatic carbocycles. The SMILES string of the molecule is N/C(=N/O)c1c(Br)cccc1Oc1ccc(Cl)cc1Cl. The van der Waals surface area contributed by atoms with Gasteiger partial charge in [-0.25, -0.2) is 0 Å². The summed E-state index contributed by atoms with van der Waals surface area (Å²) in [5.74, 6) is 0.748. The molecular formula is C13H9BrCl2N2O2. The van der Waals surface area contributed by atoms with Gasteiger partial charge in [0.1, 0.15) is 11.5 Å². The third kappa shape index (κ3) is 3.17. The number of hydrogen-bond donors (Lipinski definition) is 2. The lowest BCUT2D eigenvalue weighted by atomic mass is 10.2. The van der Waals surface area contributed by atoms with Gasteiger partial charge in [0.25, 0.3) is 0 Å². The van der Waals surface area contributed by atoms with Gasteiger partial charge < -0.3 is 15.7 Å². The Kier molecular flexibility index (Phi) is 4.75. The first kappa shape index (κ1) is 15.0. The number of amidine groups is 1. The number of nitrogens with two attached hydrogens (primary N) is 1. The highest BCUT2D eigenvalue weighted by molar-refractivity contribution is 9.10. The van der Waals surface area contributed by atoms with Gasteiger partial charge >= 0.3 is 0 Å². The van der Waals surface area contributed by atoms with Gasteiger partial charge in [0.2, 0.25) is 0 Å². The Morgan fingerprint density at radius 3 is 2.60 bits per heavy atom. The Labute approximate surface area is 133 Å². The Bertz CT molecular complexity index is 677. The summed E-state index contributed by atoms with van der Waals surface area (Å²) in [6.45, 7) is 0. The smallest absolute Gasteiger partial charge is 0.175 e. The number of halogens is 3. The number of nitrogens with zero attached hydrogens (tertiary/aromatic N) is 1. The molecule has 0 fully saturated rings. The largest absolute Gasteiger partial charge is 0.455 e. The molecule has 104 valence electrons. The second kappa shape index (κ2) is 6.35. The molecule has 2 aromatic rings. The molecular weight excluding hydrogens is 367 g/mol. The van der Waals surface area contributed by atoms with E-state index in [2.05, 4.69) is 21.1 Å². The zero-order valence-electron chi connectivity index (χ0n) is 9.98. The normalized spacial score (nSPS) is 11.4. The lowest BCUT2D eigenvalue weighted by molar-refractivity contribution is 0.318. The van der Waals surface area contributed by atoms with Crippen molar-refractivity contribution in [3.05, 3.63) is 56.5 Å². The highest BCUT2D eigenvalue weighted by Gasteiger charge is 2.14. The fraction of sp³-hybridized carbons (Fsp3) is 0. The number of hydrogen-bond acceptors (Lipinski definition) is 3. The first-order valence-corrected chi connectivity index (χ1v) is 6.97. The van der Waals surface area contributed by atoms with E-state index in [9.17, 15) is 0 Å². The molecule has 0 aliphatic rings. The first-order chi connectivity index (χ1) is 9.52. The van der Waals surface area contributed by atoms with Crippen LogP contribution in [0.15, 0.2) is 46.0 Å². The average molecular weight is 376 g/mol. The molecule has 4 nitrogen and oxygen atoms in total. The summed E-state index contributed by atoms with van der Waals surface area (Å²) in [6.07, 6.45) is 0. The monoisotopic (exact) mass is 374 g/mol. The highest BCUT2D eigenvalue weighted by Crippen LogP contribution is 2.35. The van der Waals surface area contributed by atoms with Gasteiger partial charge in [-0.15, -0.1) is 0 Å². The van der Waals surface area contributed by atoms with E-state index in [0.717, 1.165) is 0 Å². The van der Waals surface area contributed by atoms with Crippen molar-refractivity contribution in [2.45, 2.75) is 0 Å². The quantitative estimate of drug-likeness (QED) is 0.355. The van der Waals surface area contributed by atoms with E-state index in [4.69, 9.17) is 38.9 Å². The lowest BCUT2D eigenvalue weighted by Gasteiger charge is -2.12. The van der Waals surface area contributed by atoms with Crippen LogP contribution in [0.3, 0.4) is 0 Å². The molecule has 0 unspecified atom stereocenters. The molecule has 2 rings (SSSR count). The lowest BCUT2D eigenvalue weighted by Crippen LogP contribution is -2.15. The van der Waals surface area contributed by atoms with Gasteiger partial charge in [-0.2, -0.15) is 0 Å². The minimum Gasteiger partial charge on any atom is -0.455 e. The van der Waals surface area contributed by atoms with Crippen LogP contribution in [0.5, 0.6) is 11.5 Å². The predicted molar refractivity (Wildman–Crippen MR) is 83.2 cm³/mol. The summed E-state index contributed by atoms with van der Waals surface area (Å²) >= 11 is 15.2. The third-order valence-electron chi connectivity index (χ3n) is 2.45. The van der Waals surface area contributed by atoms with Gasteiger partial charge in [-0.1, -0.05) is 34.4 Å². The van der Waals surface area contributed by atoms with Crippen molar-refractivity contribution in [1.29, 1.82) is 0 Å². The van der Waals surface area contributed by atoms with Crippen molar-refractivity contribution in [2.24, 2.45) is 10.9 Å². The van der Waals surface area contributed by atoms with Crippen LogP contribution >= 0.6 is 39.1 Å². The van der Waals surface area contributed by atoms with Crippen molar-refractivity contribution in [2.75, 3.05) is 0 Å². The Hall–Kier alpha value is -1.43. The molecule has 0 bridgehead atoms. The minimum atomic E-state index is -0.0717. The highest BCUT2D eigenvalue weighted by atomic mass is 79.9. The average Bonchev–Trinajstić information content (AvgIpc) is 2.41. The maximum absolute atomic E-state index is 8.84. The third-order valence-corrected chi connectivity index (χ3v) is 3.64. The van der Waals surface area contributed by atoms with Crippen LogP contribution in [0.2, 0.25) is 10.0 Å². The van der Waals surface area contributed by atoms with Crippen molar-refractivity contribution in [3.63, 3.8) is 0 Å². The second-order valence-corrected chi connectivity index (χ2v) is 5.47. The number of oxime groups is 1. The van der Waals surface area contributed by atoms with Crippen molar-refractivity contribution >= 4 is 45.0 Å². The molecule has 20 heavy (non-hydrogen) atoms. The van der Waals surface area contributed by atoms with E-state index in [1.54, 1.807) is 36.4 Å². The maximum Gasteiger partial charge on any atom is 0.175 e. The fourth-order valence-corrected chi connectivity index (χ4v) is 2.56. The molecule has 0 aromatic heterocycles. The molecule has 3 N–H and O–H groups in total. The number of benzene rings is 2. The summed E-state index contributed by atoms with van der Waals surface area (Å²) in [7, 11) is 0. The Morgan fingerprint density at radius 2 is 1.95 bits per heavy atom. The number of ether oxygens (including phenoxy) is 1. The van der Waals surface area contributed by atoms with Crippen LogP contribution in [0, 0.1) is 0 Å². The van der Waals surface area contributed by atoms with Gasteiger partial charge in [0, 0.05) is 9.50 Å². The van der Waals surface area contributed by atoms with E-state index >= 15 is 0 Å². The van der Waals surface area contributed by atoms with E-state index in [1.165, 1.54) is 0 Å². The molecule has 0 aliphatic heterocycles. The van der Waals surface area contributed by atoms with Crippen molar-refractivity contribution < 1.29 is 9.94 Å². The molecule has 0 heterocycles. The van der Waals surface area contributed by atoms with E-state index < -0.39 is 0 Å². The summed E-state index contributed by atoms with van der Waals surface area (Å²) in [4.78, 5) is 0. The van der Waals surface area contributed by atoms with Crippen LogP contribution in [0.1, 0.15) is 5.56 Å². The van der Waals surface area contributed by atoms with Crippen molar-refractivity contribution in [1.82, 2.24) is 0 Å². The molecule has 2 aromatic carbocycles. The van der Waals surface area contributed by atoms with Crippen LogP contribution in [-0.2, 0) is 0 Å². The zero-order valence-corrected chi connectivity index (χ0v) is 13.1. The van der Waals surface area contributed by atoms with E-state index in [0.29, 0.717) is 31.6 Å². The molecule has 0 atom stereocenters. The van der Waals surface area contributed by atoms with E-state index in [1.807, 2.05) is 0 Å².